The minimum absolute atomic E-state index is 0.106. The second-order valence-electron chi connectivity index (χ2n) is 5.68. The van der Waals surface area contributed by atoms with E-state index in [9.17, 15) is 4.79 Å². The van der Waals surface area contributed by atoms with Gasteiger partial charge in [0, 0.05) is 24.6 Å². The minimum atomic E-state index is -0.106. The average Bonchev–Trinajstić information content (AvgIpc) is 3.02. The van der Waals surface area contributed by atoms with E-state index in [0.29, 0.717) is 12.2 Å². The summed E-state index contributed by atoms with van der Waals surface area (Å²) in [6.45, 7) is 6.45. The fourth-order valence-corrected chi connectivity index (χ4v) is 2.42. The molecule has 1 aromatic heterocycles. The van der Waals surface area contributed by atoms with E-state index in [1.807, 2.05) is 99.2 Å². The van der Waals surface area contributed by atoms with Gasteiger partial charge in [-0.1, -0.05) is 44.2 Å². The van der Waals surface area contributed by atoms with Crippen molar-refractivity contribution in [2.24, 2.45) is 7.05 Å². The van der Waals surface area contributed by atoms with Crippen LogP contribution in [0, 0.1) is 6.92 Å². The number of aryl methyl sites for hydroxylation is 1. The summed E-state index contributed by atoms with van der Waals surface area (Å²) in [6.07, 6.45) is 1.88. The third kappa shape index (κ3) is 4.99. The molecule has 0 saturated carbocycles. The van der Waals surface area contributed by atoms with E-state index in [1.165, 1.54) is 0 Å². The first kappa shape index (κ1) is 19.3. The summed E-state index contributed by atoms with van der Waals surface area (Å²) in [5.74, 6) is 0.666. The highest BCUT2D eigenvalue weighted by molar-refractivity contribution is 6.05. The van der Waals surface area contributed by atoms with Crippen molar-refractivity contribution in [3.05, 3.63) is 83.7 Å². The Balaban J connectivity index is 0.00000117. The molecule has 0 aliphatic carbocycles. The molecule has 3 rings (SSSR count). The molecule has 0 radical (unpaired) electrons. The van der Waals surface area contributed by atoms with Crippen LogP contribution in [0.3, 0.4) is 0 Å². The van der Waals surface area contributed by atoms with Crippen molar-refractivity contribution in [1.29, 1.82) is 0 Å². The van der Waals surface area contributed by atoms with Gasteiger partial charge in [-0.05, 0) is 42.8 Å². The van der Waals surface area contributed by atoms with Crippen molar-refractivity contribution in [2.75, 3.05) is 5.32 Å². The lowest BCUT2D eigenvalue weighted by Crippen LogP contribution is -2.12. The standard InChI is InChI=1S/C20H20N2O2.C2H6/c1-15-19(12-13-22(15)2)20(23)21-17-8-10-18(11-9-17)24-14-16-6-4-3-5-7-16;1-2/h3-13H,14H2,1-2H3,(H,21,23);1-2H3. The zero-order valence-corrected chi connectivity index (χ0v) is 15.8. The number of nitrogens with one attached hydrogen (secondary N) is 1. The lowest BCUT2D eigenvalue weighted by molar-refractivity contribution is 0.102. The Labute approximate surface area is 155 Å². The number of nitrogens with zero attached hydrogens (tertiary/aromatic N) is 1. The Kier molecular flexibility index (Phi) is 7.03. The van der Waals surface area contributed by atoms with Crippen molar-refractivity contribution in [3.8, 4) is 5.75 Å². The highest BCUT2D eigenvalue weighted by Crippen LogP contribution is 2.18. The van der Waals surface area contributed by atoms with Crippen molar-refractivity contribution in [2.45, 2.75) is 27.4 Å². The van der Waals surface area contributed by atoms with Crippen LogP contribution in [0.2, 0.25) is 0 Å². The summed E-state index contributed by atoms with van der Waals surface area (Å²) in [5, 5.41) is 2.91. The molecule has 0 saturated heterocycles. The molecular weight excluding hydrogens is 324 g/mol. The van der Waals surface area contributed by atoms with Gasteiger partial charge in [-0.2, -0.15) is 0 Å². The highest BCUT2D eigenvalue weighted by Gasteiger charge is 2.11. The zero-order chi connectivity index (χ0) is 18.9. The van der Waals surface area contributed by atoms with E-state index < -0.39 is 0 Å². The van der Waals surface area contributed by atoms with E-state index in [4.69, 9.17) is 4.74 Å². The molecule has 1 N–H and O–H groups in total. The molecule has 0 atom stereocenters. The molecule has 4 heteroatoms. The third-order valence-corrected chi connectivity index (χ3v) is 3.99. The van der Waals surface area contributed by atoms with Gasteiger partial charge in [-0.25, -0.2) is 0 Å². The maximum absolute atomic E-state index is 12.3. The first-order chi connectivity index (χ1) is 12.6. The molecule has 1 heterocycles. The quantitative estimate of drug-likeness (QED) is 0.688. The number of amides is 1. The van der Waals surface area contributed by atoms with Crippen LogP contribution in [0.25, 0.3) is 0 Å². The van der Waals surface area contributed by atoms with Gasteiger partial charge >= 0.3 is 0 Å². The van der Waals surface area contributed by atoms with E-state index in [1.54, 1.807) is 0 Å². The van der Waals surface area contributed by atoms with Gasteiger partial charge < -0.3 is 14.6 Å². The Morgan fingerprint density at radius 1 is 1.00 bits per heavy atom. The van der Waals surface area contributed by atoms with Crippen LogP contribution in [-0.4, -0.2) is 10.5 Å². The van der Waals surface area contributed by atoms with Gasteiger partial charge in [0.15, 0.2) is 0 Å². The summed E-state index contributed by atoms with van der Waals surface area (Å²) in [4.78, 5) is 12.3. The van der Waals surface area contributed by atoms with Crippen LogP contribution in [0.4, 0.5) is 5.69 Å². The van der Waals surface area contributed by atoms with Gasteiger partial charge in [-0.15, -0.1) is 0 Å². The molecule has 26 heavy (non-hydrogen) atoms. The molecule has 0 unspecified atom stereocenters. The first-order valence-electron chi connectivity index (χ1n) is 8.83. The monoisotopic (exact) mass is 350 g/mol. The molecule has 0 bridgehead atoms. The topological polar surface area (TPSA) is 43.3 Å². The lowest BCUT2D eigenvalue weighted by Gasteiger charge is -2.09. The van der Waals surface area contributed by atoms with E-state index in [0.717, 1.165) is 22.7 Å². The largest absolute Gasteiger partial charge is 0.489 e. The zero-order valence-electron chi connectivity index (χ0n) is 15.8. The van der Waals surface area contributed by atoms with Crippen molar-refractivity contribution < 1.29 is 9.53 Å². The summed E-state index contributed by atoms with van der Waals surface area (Å²) in [5.41, 5.74) is 3.49. The normalized spacial score (nSPS) is 9.85. The van der Waals surface area contributed by atoms with Gasteiger partial charge in [0.25, 0.3) is 5.91 Å². The number of carbonyl (C=O) groups is 1. The molecule has 0 spiro atoms. The summed E-state index contributed by atoms with van der Waals surface area (Å²) >= 11 is 0. The smallest absolute Gasteiger partial charge is 0.257 e. The molecule has 136 valence electrons. The van der Waals surface area contributed by atoms with Crippen LogP contribution in [0.5, 0.6) is 5.75 Å². The van der Waals surface area contributed by atoms with Crippen molar-refractivity contribution >= 4 is 11.6 Å². The second-order valence-corrected chi connectivity index (χ2v) is 5.68. The molecule has 0 aliphatic heterocycles. The number of ether oxygens (including phenoxy) is 1. The van der Waals surface area contributed by atoms with E-state index in [-0.39, 0.29) is 5.91 Å². The molecule has 3 aromatic rings. The molecule has 1 amide bonds. The average molecular weight is 350 g/mol. The number of benzene rings is 2. The number of aromatic nitrogens is 1. The van der Waals surface area contributed by atoms with Crippen molar-refractivity contribution in [3.63, 3.8) is 0 Å². The predicted molar refractivity (Wildman–Crippen MR) is 107 cm³/mol. The first-order valence-corrected chi connectivity index (χ1v) is 8.83. The minimum Gasteiger partial charge on any atom is -0.489 e. The number of anilines is 1. The van der Waals surface area contributed by atoms with Gasteiger partial charge in [0.1, 0.15) is 12.4 Å². The number of hydrogen-bond donors (Lipinski definition) is 1. The lowest BCUT2D eigenvalue weighted by atomic mass is 10.2. The third-order valence-electron chi connectivity index (χ3n) is 3.99. The van der Waals surface area contributed by atoms with Crippen molar-refractivity contribution in [1.82, 2.24) is 4.57 Å². The SMILES string of the molecule is CC.Cc1c(C(=O)Nc2ccc(OCc3ccccc3)cc2)ccn1C. The van der Waals surface area contributed by atoms with Crippen LogP contribution in [0.15, 0.2) is 66.9 Å². The molecule has 2 aromatic carbocycles. The maximum atomic E-state index is 12.3. The Morgan fingerprint density at radius 2 is 1.65 bits per heavy atom. The fourth-order valence-electron chi connectivity index (χ4n) is 2.42. The number of rotatable bonds is 5. The Bertz CT molecular complexity index is 821. The number of carbonyl (C=O) groups excluding carboxylic acids is 1. The van der Waals surface area contributed by atoms with Gasteiger partial charge in [0.2, 0.25) is 0 Å². The van der Waals surface area contributed by atoms with E-state index >= 15 is 0 Å². The highest BCUT2D eigenvalue weighted by atomic mass is 16.5. The van der Waals surface area contributed by atoms with Crippen LogP contribution in [0.1, 0.15) is 35.5 Å². The summed E-state index contributed by atoms with van der Waals surface area (Å²) < 4.78 is 7.67. The van der Waals surface area contributed by atoms with Gasteiger partial charge in [-0.3, -0.25) is 4.79 Å². The van der Waals surface area contributed by atoms with E-state index in [2.05, 4.69) is 5.32 Å². The second kappa shape index (κ2) is 9.47. The molecular formula is C22H26N2O2. The predicted octanol–water partition coefficient (Wildman–Crippen LogP) is 5.19. The maximum Gasteiger partial charge on any atom is 0.257 e. The number of hydrogen-bond acceptors (Lipinski definition) is 2. The van der Waals surface area contributed by atoms with Crippen LogP contribution >= 0.6 is 0 Å². The summed E-state index contributed by atoms with van der Waals surface area (Å²) in [6, 6.07) is 19.2. The fraction of sp³-hybridized carbons (Fsp3) is 0.227. The molecule has 0 aliphatic rings. The van der Waals surface area contributed by atoms with Gasteiger partial charge in [0.05, 0.1) is 5.56 Å². The molecule has 4 nitrogen and oxygen atoms in total. The Hall–Kier alpha value is -3.01. The Morgan fingerprint density at radius 3 is 2.23 bits per heavy atom. The van der Waals surface area contributed by atoms with Crippen LogP contribution in [-0.2, 0) is 13.7 Å². The molecule has 0 fully saturated rings. The summed E-state index contributed by atoms with van der Waals surface area (Å²) in [7, 11) is 1.92. The van der Waals surface area contributed by atoms with Crippen LogP contribution < -0.4 is 10.1 Å².